The Kier molecular flexibility index (Phi) is 8.42. The van der Waals surface area contributed by atoms with Crippen LogP contribution in [0.2, 0.25) is 10.0 Å². The molecule has 0 spiro atoms. The summed E-state index contributed by atoms with van der Waals surface area (Å²) in [4.78, 5) is 10.4. The molecule has 0 fully saturated rings. The van der Waals surface area contributed by atoms with Gasteiger partial charge in [0, 0.05) is 12.7 Å². The molecule has 2 N–H and O–H groups in total. The van der Waals surface area contributed by atoms with Gasteiger partial charge in [0.1, 0.15) is 5.82 Å². The molecule has 0 radical (unpaired) electrons. The van der Waals surface area contributed by atoms with Crippen LogP contribution in [-0.2, 0) is 6.61 Å². The van der Waals surface area contributed by atoms with Crippen molar-refractivity contribution in [3.8, 4) is 0 Å². The average molecular weight is 587 g/mol. The maximum atomic E-state index is 12.9. The molecule has 2 aromatic rings. The van der Waals surface area contributed by atoms with Gasteiger partial charge < -0.3 is 10.2 Å². The Morgan fingerprint density at radius 2 is 1.48 bits per heavy atom. The zero-order chi connectivity index (χ0) is 17.7. The number of aliphatic hydroxyl groups excluding tert-OH is 1. The molecule has 0 heterocycles. The van der Waals surface area contributed by atoms with Crippen molar-refractivity contribution < 1.29 is 23.8 Å². The van der Waals surface area contributed by atoms with E-state index in [0.717, 1.165) is 3.57 Å². The van der Waals surface area contributed by atoms with Crippen LogP contribution in [0, 0.1) is 18.8 Å². The van der Waals surface area contributed by atoms with E-state index in [9.17, 15) is 13.6 Å². The molecule has 124 valence electrons. The molecule has 0 aliphatic carbocycles. The quantitative estimate of drug-likeness (QED) is 0.368. The smallest absolute Gasteiger partial charge is 0.338 e. The Morgan fingerprint density at radius 3 is 1.96 bits per heavy atom. The van der Waals surface area contributed by atoms with Crippen LogP contribution in [-0.4, -0.2) is 16.2 Å². The van der Waals surface area contributed by atoms with Crippen molar-refractivity contribution in [2.45, 2.75) is 6.61 Å². The first-order chi connectivity index (χ1) is 10.7. The second kappa shape index (κ2) is 9.30. The van der Waals surface area contributed by atoms with Gasteiger partial charge in [0.2, 0.25) is 0 Å². The fraction of sp³-hybridized carbons (Fsp3) is 0.0714. The van der Waals surface area contributed by atoms with Crippen molar-refractivity contribution in [2.75, 3.05) is 0 Å². The molecule has 23 heavy (non-hydrogen) atoms. The van der Waals surface area contributed by atoms with Crippen molar-refractivity contribution in [1.82, 2.24) is 0 Å². The maximum absolute atomic E-state index is 12.9. The molecule has 2 aromatic carbocycles. The average Bonchev–Trinajstić information content (AvgIpc) is 2.47. The van der Waals surface area contributed by atoms with E-state index in [-0.39, 0.29) is 22.2 Å². The fourth-order valence-electron chi connectivity index (χ4n) is 1.44. The molecular formula is C14H8Cl2F2I2O3. The van der Waals surface area contributed by atoms with Crippen molar-refractivity contribution >= 4 is 74.4 Å². The first-order valence-electron chi connectivity index (χ1n) is 5.79. The number of rotatable bonds is 2. The lowest BCUT2D eigenvalue weighted by atomic mass is 10.2. The summed E-state index contributed by atoms with van der Waals surface area (Å²) in [6.45, 7) is -0.317. The number of aliphatic hydroxyl groups is 1. The minimum Gasteiger partial charge on any atom is -0.478 e. The van der Waals surface area contributed by atoms with E-state index in [4.69, 9.17) is 33.4 Å². The Bertz CT molecular complexity index is 742. The molecule has 0 aliphatic rings. The molecule has 0 aromatic heterocycles. The Labute approximate surface area is 167 Å². The van der Waals surface area contributed by atoms with Crippen LogP contribution in [0.4, 0.5) is 8.78 Å². The van der Waals surface area contributed by atoms with E-state index < -0.39 is 23.2 Å². The maximum Gasteiger partial charge on any atom is 0.338 e. The van der Waals surface area contributed by atoms with E-state index in [1.807, 2.05) is 45.2 Å². The van der Waals surface area contributed by atoms with E-state index in [1.54, 1.807) is 6.07 Å². The van der Waals surface area contributed by atoms with Gasteiger partial charge in [-0.15, -0.1) is 0 Å². The van der Waals surface area contributed by atoms with Gasteiger partial charge in [-0.1, -0.05) is 23.2 Å². The van der Waals surface area contributed by atoms with Crippen molar-refractivity contribution in [1.29, 1.82) is 0 Å². The molecule has 0 unspecified atom stereocenters. The standard InChI is InChI=1S/C7H3ClFIO2.C7H5ClFIO/c8-5-2-3(10)1-4(6(5)9)7(11)12;8-6-2-5(10)1-4(3-11)7(6)9/h1-2H,(H,11,12);1-2,11H,3H2. The number of benzene rings is 2. The summed E-state index contributed by atoms with van der Waals surface area (Å²) >= 11 is 14.8. The highest BCUT2D eigenvalue weighted by Gasteiger charge is 2.14. The van der Waals surface area contributed by atoms with Gasteiger partial charge in [-0.3, -0.25) is 0 Å². The van der Waals surface area contributed by atoms with Crippen molar-refractivity contribution in [3.05, 3.63) is 64.2 Å². The molecule has 0 aliphatic heterocycles. The fourth-order valence-corrected chi connectivity index (χ4v) is 3.57. The highest BCUT2D eigenvalue weighted by atomic mass is 127. The lowest BCUT2D eigenvalue weighted by Gasteiger charge is -2.01. The SMILES string of the molecule is O=C(O)c1cc(I)cc(Cl)c1F.OCc1cc(I)cc(Cl)c1F. The van der Waals surface area contributed by atoms with Gasteiger partial charge in [0.05, 0.1) is 22.2 Å². The zero-order valence-electron chi connectivity index (χ0n) is 11.1. The number of hydrogen-bond donors (Lipinski definition) is 2. The molecular weight excluding hydrogens is 579 g/mol. The molecule has 0 saturated heterocycles. The van der Waals surface area contributed by atoms with E-state index in [0.29, 0.717) is 3.57 Å². The summed E-state index contributed by atoms with van der Waals surface area (Å²) < 4.78 is 27.2. The number of carboxylic acid groups (broad SMARTS) is 1. The van der Waals surface area contributed by atoms with Gasteiger partial charge in [0.15, 0.2) is 5.82 Å². The monoisotopic (exact) mass is 586 g/mol. The lowest BCUT2D eigenvalue weighted by molar-refractivity contribution is 0.0692. The van der Waals surface area contributed by atoms with Gasteiger partial charge in [-0.05, 0) is 69.4 Å². The lowest BCUT2D eigenvalue weighted by Crippen LogP contribution is -2.01. The molecule has 0 amide bonds. The second-order valence-corrected chi connectivity index (χ2v) is 7.38. The Morgan fingerprint density at radius 1 is 1.00 bits per heavy atom. The van der Waals surface area contributed by atoms with Crippen molar-refractivity contribution in [2.24, 2.45) is 0 Å². The first-order valence-corrected chi connectivity index (χ1v) is 8.70. The minimum atomic E-state index is -1.31. The highest BCUT2D eigenvalue weighted by Crippen LogP contribution is 2.22. The molecule has 9 heteroatoms. The predicted molar refractivity (Wildman–Crippen MR) is 101 cm³/mol. The van der Waals surface area contributed by atoms with Crippen LogP contribution in [0.25, 0.3) is 0 Å². The summed E-state index contributed by atoms with van der Waals surface area (Å²) in [7, 11) is 0. The predicted octanol–water partition coefficient (Wildman–Crippen LogP) is 5.36. The largest absolute Gasteiger partial charge is 0.478 e. The molecule has 2 rings (SSSR count). The van der Waals surface area contributed by atoms with Crippen LogP contribution in [0.15, 0.2) is 24.3 Å². The van der Waals surface area contributed by atoms with Gasteiger partial charge in [-0.2, -0.15) is 0 Å². The summed E-state index contributed by atoms with van der Waals surface area (Å²) in [6, 6.07) is 5.66. The molecule has 3 nitrogen and oxygen atoms in total. The summed E-state index contributed by atoms with van der Waals surface area (Å²) in [5.74, 6) is -2.73. The number of carbonyl (C=O) groups is 1. The third-order valence-corrected chi connectivity index (χ3v) is 4.26. The van der Waals surface area contributed by atoms with Crippen LogP contribution in [0.5, 0.6) is 0 Å². The number of halogens is 6. The third-order valence-electron chi connectivity index (χ3n) is 2.46. The van der Waals surface area contributed by atoms with E-state index >= 15 is 0 Å². The number of carboxylic acids is 1. The van der Waals surface area contributed by atoms with Crippen molar-refractivity contribution in [3.63, 3.8) is 0 Å². The Hall–Kier alpha value is -0.230. The van der Waals surface area contributed by atoms with E-state index in [2.05, 4.69) is 0 Å². The summed E-state index contributed by atoms with van der Waals surface area (Å²) in [6.07, 6.45) is 0. The van der Waals surface area contributed by atoms with Gasteiger partial charge in [-0.25, -0.2) is 13.6 Å². The molecule has 0 saturated carbocycles. The summed E-state index contributed by atoms with van der Waals surface area (Å²) in [5.41, 5.74) is -0.159. The van der Waals surface area contributed by atoms with Crippen LogP contribution < -0.4 is 0 Å². The topological polar surface area (TPSA) is 57.5 Å². The normalized spacial score (nSPS) is 10.0. The Balaban J connectivity index is 0.000000231. The minimum absolute atomic E-state index is 0.0564. The first kappa shape index (κ1) is 20.8. The van der Waals surface area contributed by atoms with Gasteiger partial charge >= 0.3 is 5.97 Å². The second-order valence-electron chi connectivity index (χ2n) is 4.07. The van der Waals surface area contributed by atoms with Crippen LogP contribution in [0.3, 0.4) is 0 Å². The number of hydrogen-bond acceptors (Lipinski definition) is 2. The van der Waals surface area contributed by atoms with E-state index in [1.165, 1.54) is 18.2 Å². The van der Waals surface area contributed by atoms with Crippen LogP contribution >= 0.6 is 68.4 Å². The molecule has 0 atom stereocenters. The van der Waals surface area contributed by atoms with Crippen LogP contribution in [0.1, 0.15) is 15.9 Å². The number of aromatic carboxylic acids is 1. The molecule has 0 bridgehead atoms. The highest BCUT2D eigenvalue weighted by molar-refractivity contribution is 14.1. The zero-order valence-corrected chi connectivity index (χ0v) is 16.9. The van der Waals surface area contributed by atoms with Gasteiger partial charge in [0.25, 0.3) is 0 Å². The third kappa shape index (κ3) is 5.96. The summed E-state index contributed by atoms with van der Waals surface area (Å²) in [5, 5.41) is 17.1.